The molecule has 0 bridgehead atoms. The monoisotopic (exact) mass is 464 g/mol. The van der Waals surface area contributed by atoms with Crippen LogP contribution in [0.2, 0.25) is 0 Å². The topological polar surface area (TPSA) is 18.5 Å². The number of rotatable bonds is 16. The average molecular weight is 465 g/mol. The molecule has 0 radical (unpaired) electrons. The van der Waals surface area contributed by atoms with E-state index in [1.54, 1.807) is 0 Å². The molecule has 1 aliphatic carbocycles. The predicted octanol–water partition coefficient (Wildman–Crippen LogP) is 9.25. The maximum Gasteiger partial charge on any atom is 0.170 e. The zero-order valence-corrected chi connectivity index (χ0v) is 21.3. The van der Waals surface area contributed by atoms with Crippen LogP contribution >= 0.6 is 12.2 Å². The molecule has 0 aliphatic heterocycles. The average Bonchev–Trinajstić information content (AvgIpc) is 2.81. The van der Waals surface area contributed by atoms with Crippen molar-refractivity contribution in [3.63, 3.8) is 0 Å². The Hall–Kier alpha value is -1.16. The summed E-state index contributed by atoms with van der Waals surface area (Å²) in [5, 5.41) is 0.716. The highest BCUT2D eigenvalue weighted by Crippen LogP contribution is 2.33. The van der Waals surface area contributed by atoms with E-state index in [1.807, 2.05) is 24.3 Å². The summed E-state index contributed by atoms with van der Waals surface area (Å²) in [5.74, 6) is 2.69. The first-order valence-electron chi connectivity index (χ1n) is 13.2. The van der Waals surface area contributed by atoms with Gasteiger partial charge >= 0.3 is 0 Å². The van der Waals surface area contributed by atoms with Gasteiger partial charge in [-0.05, 0) is 74.5 Å². The van der Waals surface area contributed by atoms with Crippen molar-refractivity contribution in [2.75, 3.05) is 6.61 Å². The van der Waals surface area contributed by atoms with E-state index < -0.39 is 6.17 Å². The molecular weight excluding hydrogens is 419 g/mol. The van der Waals surface area contributed by atoms with Crippen LogP contribution in [0.25, 0.3) is 0 Å². The van der Waals surface area contributed by atoms with E-state index >= 15 is 0 Å². The molecule has 4 heteroatoms. The lowest BCUT2D eigenvalue weighted by atomic mass is 9.80. The zero-order chi connectivity index (χ0) is 23.0. The van der Waals surface area contributed by atoms with Crippen LogP contribution in [0.5, 0.6) is 11.5 Å². The molecule has 0 saturated heterocycles. The van der Waals surface area contributed by atoms with Crippen molar-refractivity contribution in [2.24, 2.45) is 11.8 Å². The van der Waals surface area contributed by atoms with Crippen molar-refractivity contribution < 1.29 is 13.9 Å². The van der Waals surface area contributed by atoms with Crippen LogP contribution < -0.4 is 9.47 Å². The summed E-state index contributed by atoms with van der Waals surface area (Å²) < 4.78 is 25.7. The lowest BCUT2D eigenvalue weighted by Crippen LogP contribution is -2.24. The number of alkyl halides is 1. The summed E-state index contributed by atoms with van der Waals surface area (Å²) in [4.78, 5) is 0. The fourth-order valence-electron chi connectivity index (χ4n) is 4.59. The Bertz CT molecular complexity index is 610. The van der Waals surface area contributed by atoms with Gasteiger partial charge in [0.2, 0.25) is 0 Å². The summed E-state index contributed by atoms with van der Waals surface area (Å²) in [6.45, 7) is 4.60. The Morgan fingerprint density at radius 3 is 2.16 bits per heavy atom. The van der Waals surface area contributed by atoms with E-state index in [0.29, 0.717) is 23.1 Å². The minimum absolute atomic E-state index is 0.120. The molecule has 0 unspecified atom stereocenters. The van der Waals surface area contributed by atoms with Crippen molar-refractivity contribution in [3.8, 4) is 11.5 Å². The van der Waals surface area contributed by atoms with E-state index in [9.17, 15) is 4.39 Å². The van der Waals surface area contributed by atoms with Crippen molar-refractivity contribution in [1.82, 2.24) is 0 Å². The molecule has 1 saturated carbocycles. The van der Waals surface area contributed by atoms with E-state index in [1.165, 1.54) is 64.2 Å². The third-order valence-electron chi connectivity index (χ3n) is 6.74. The van der Waals surface area contributed by atoms with Crippen molar-refractivity contribution in [3.05, 3.63) is 24.3 Å². The molecule has 182 valence electrons. The van der Waals surface area contributed by atoms with Crippen molar-refractivity contribution in [2.45, 2.75) is 116 Å². The molecule has 2 rings (SSSR count). The highest BCUT2D eigenvalue weighted by atomic mass is 32.1. The molecule has 0 N–H and O–H groups in total. The summed E-state index contributed by atoms with van der Waals surface area (Å²) in [6.07, 6.45) is 17.0. The summed E-state index contributed by atoms with van der Waals surface area (Å²) in [7, 11) is 0. The first kappa shape index (κ1) is 27.1. The van der Waals surface area contributed by atoms with Crippen LogP contribution in [0.4, 0.5) is 4.39 Å². The normalized spacial score (nSPS) is 19.5. The second-order valence-corrected chi connectivity index (χ2v) is 9.97. The number of hydrogen-bond donors (Lipinski definition) is 0. The minimum atomic E-state index is -0.901. The number of hydrogen-bond acceptors (Lipinski definition) is 3. The Balaban J connectivity index is 1.61. The van der Waals surface area contributed by atoms with Gasteiger partial charge in [0.05, 0.1) is 0 Å². The molecule has 0 amide bonds. The fourth-order valence-corrected chi connectivity index (χ4v) is 4.92. The standard InChI is InChI=1S/C28H45FO2S/c1-3-5-7-8-9-11-13-25(29)22-30-26-18-20-27(21-19-26)31-28(32)24-16-14-23(15-17-24)12-10-6-4-2/h18-21,23-25H,3-17,22H2,1-2H3/t23?,24?,25-/m0/s1. The lowest BCUT2D eigenvalue weighted by Gasteiger charge is -2.28. The van der Waals surface area contributed by atoms with Gasteiger partial charge in [-0.15, -0.1) is 0 Å². The molecule has 1 fully saturated rings. The minimum Gasteiger partial charge on any atom is -0.491 e. The quantitative estimate of drug-likeness (QED) is 0.179. The van der Waals surface area contributed by atoms with Crippen LogP contribution in [0.1, 0.15) is 110 Å². The van der Waals surface area contributed by atoms with Gasteiger partial charge < -0.3 is 9.47 Å². The molecule has 2 nitrogen and oxygen atoms in total. The number of ether oxygens (including phenoxy) is 2. The number of halogens is 1. The third-order valence-corrected chi connectivity index (χ3v) is 7.16. The van der Waals surface area contributed by atoms with Gasteiger partial charge in [0.25, 0.3) is 0 Å². The third kappa shape index (κ3) is 11.1. The largest absolute Gasteiger partial charge is 0.491 e. The highest BCUT2D eigenvalue weighted by Gasteiger charge is 2.25. The Morgan fingerprint density at radius 2 is 1.47 bits per heavy atom. The summed E-state index contributed by atoms with van der Waals surface area (Å²) in [5.41, 5.74) is 0. The van der Waals surface area contributed by atoms with E-state index in [4.69, 9.17) is 21.7 Å². The number of benzene rings is 1. The van der Waals surface area contributed by atoms with Gasteiger partial charge in [-0.1, -0.05) is 78.1 Å². The van der Waals surface area contributed by atoms with E-state index in [-0.39, 0.29) is 6.61 Å². The van der Waals surface area contributed by atoms with Gasteiger partial charge in [0, 0.05) is 5.92 Å². The van der Waals surface area contributed by atoms with Gasteiger partial charge in [0.15, 0.2) is 5.05 Å². The first-order valence-corrected chi connectivity index (χ1v) is 13.6. The van der Waals surface area contributed by atoms with E-state index in [2.05, 4.69) is 13.8 Å². The SMILES string of the molecule is CCCCCCCC[C@H](F)COc1ccc(OC(=S)C2CCC(CCCCC)CC2)cc1. The van der Waals surface area contributed by atoms with Gasteiger partial charge in [0.1, 0.15) is 24.3 Å². The van der Waals surface area contributed by atoms with Gasteiger partial charge in [-0.3, -0.25) is 0 Å². The molecule has 1 aromatic carbocycles. The van der Waals surface area contributed by atoms with Crippen LogP contribution in [0, 0.1) is 11.8 Å². The van der Waals surface area contributed by atoms with E-state index in [0.717, 1.165) is 37.4 Å². The maximum atomic E-state index is 14.1. The molecule has 1 atom stereocenters. The first-order chi connectivity index (χ1) is 15.6. The maximum absolute atomic E-state index is 14.1. The second-order valence-electron chi connectivity index (χ2n) is 9.57. The molecule has 0 heterocycles. The highest BCUT2D eigenvalue weighted by molar-refractivity contribution is 7.80. The van der Waals surface area contributed by atoms with Crippen LogP contribution in [-0.2, 0) is 0 Å². The molecule has 0 spiro atoms. The predicted molar refractivity (Wildman–Crippen MR) is 138 cm³/mol. The second kappa shape index (κ2) is 16.5. The fraction of sp³-hybridized carbons (Fsp3) is 0.750. The summed E-state index contributed by atoms with van der Waals surface area (Å²) in [6, 6.07) is 7.44. The molecule has 0 aromatic heterocycles. The zero-order valence-electron chi connectivity index (χ0n) is 20.5. The Kier molecular flexibility index (Phi) is 13.9. The molecule has 1 aliphatic rings. The number of thiocarbonyl (C=S) groups is 1. The van der Waals surface area contributed by atoms with Gasteiger partial charge in [-0.25, -0.2) is 4.39 Å². The number of unbranched alkanes of at least 4 members (excludes halogenated alkanes) is 7. The summed E-state index contributed by atoms with van der Waals surface area (Å²) >= 11 is 5.59. The Morgan fingerprint density at radius 1 is 0.875 bits per heavy atom. The van der Waals surface area contributed by atoms with Gasteiger partial charge in [-0.2, -0.15) is 0 Å². The Labute approximate surface area is 201 Å². The van der Waals surface area contributed by atoms with Crippen LogP contribution in [0.15, 0.2) is 24.3 Å². The molecule has 32 heavy (non-hydrogen) atoms. The molecule has 1 aromatic rings. The molecular formula is C28H45FO2S. The lowest BCUT2D eigenvalue weighted by molar-refractivity contribution is 0.183. The van der Waals surface area contributed by atoms with Crippen LogP contribution in [-0.4, -0.2) is 17.8 Å². The smallest absolute Gasteiger partial charge is 0.170 e. The van der Waals surface area contributed by atoms with Crippen molar-refractivity contribution in [1.29, 1.82) is 0 Å². The van der Waals surface area contributed by atoms with Crippen molar-refractivity contribution >= 4 is 17.3 Å². The van der Waals surface area contributed by atoms with Crippen LogP contribution in [0.3, 0.4) is 0 Å².